The number of rotatable bonds is 6. The highest BCUT2D eigenvalue weighted by molar-refractivity contribution is 5.73. The minimum absolute atomic E-state index is 0.254. The van der Waals surface area contributed by atoms with Gasteiger partial charge in [-0.15, -0.1) is 0 Å². The molecule has 1 fully saturated rings. The van der Waals surface area contributed by atoms with Crippen LogP contribution in [0.3, 0.4) is 0 Å². The molecule has 1 aliphatic rings. The molecule has 0 bridgehead atoms. The van der Waals surface area contributed by atoms with Crippen LogP contribution in [-0.4, -0.2) is 35.9 Å². The number of carbonyl (C=O) groups is 1. The van der Waals surface area contributed by atoms with Gasteiger partial charge in [-0.05, 0) is 31.1 Å². The zero-order chi connectivity index (χ0) is 13.7. The van der Waals surface area contributed by atoms with Crippen molar-refractivity contribution in [3.05, 3.63) is 0 Å². The minimum Gasteiger partial charge on any atom is -0.480 e. The molecule has 106 valence electrons. The molecule has 0 radical (unpaired) electrons. The summed E-state index contributed by atoms with van der Waals surface area (Å²) in [4.78, 5) is 11.2. The van der Waals surface area contributed by atoms with Crippen LogP contribution in [0.15, 0.2) is 0 Å². The molecule has 18 heavy (non-hydrogen) atoms. The molecule has 0 amide bonds. The molecule has 0 aromatic heterocycles. The van der Waals surface area contributed by atoms with Crippen molar-refractivity contribution >= 4 is 5.97 Å². The van der Waals surface area contributed by atoms with E-state index in [0.717, 1.165) is 19.4 Å². The molecule has 1 saturated heterocycles. The standard InChI is InChI=1S/C14H27NO3/c1-9(2)7-12(14(16)17)15-11-5-6-18-13(8-11)10(3)4/h9-13,15H,5-8H2,1-4H3,(H,16,17). The van der Waals surface area contributed by atoms with Gasteiger partial charge < -0.3 is 15.2 Å². The normalized spacial score (nSPS) is 26.6. The number of hydrogen-bond acceptors (Lipinski definition) is 3. The lowest BCUT2D eigenvalue weighted by atomic mass is 9.94. The quantitative estimate of drug-likeness (QED) is 0.766. The van der Waals surface area contributed by atoms with Crippen LogP contribution in [0.5, 0.6) is 0 Å². The second-order valence-corrected chi connectivity index (χ2v) is 6.06. The first kappa shape index (κ1) is 15.4. The predicted molar refractivity (Wildman–Crippen MR) is 71.6 cm³/mol. The molecular weight excluding hydrogens is 230 g/mol. The summed E-state index contributed by atoms with van der Waals surface area (Å²) in [5.41, 5.74) is 0. The maximum atomic E-state index is 11.2. The van der Waals surface area contributed by atoms with Gasteiger partial charge in [0.05, 0.1) is 6.10 Å². The summed E-state index contributed by atoms with van der Waals surface area (Å²) in [6.45, 7) is 9.14. The number of carboxylic acid groups (broad SMARTS) is 1. The molecule has 1 heterocycles. The first-order valence-electron chi connectivity index (χ1n) is 7.00. The molecule has 3 atom stereocenters. The Morgan fingerprint density at radius 3 is 2.56 bits per heavy atom. The van der Waals surface area contributed by atoms with Crippen molar-refractivity contribution in [2.45, 2.75) is 65.1 Å². The fraction of sp³-hybridized carbons (Fsp3) is 0.929. The topological polar surface area (TPSA) is 58.6 Å². The van der Waals surface area contributed by atoms with Gasteiger partial charge >= 0.3 is 5.97 Å². The van der Waals surface area contributed by atoms with Gasteiger partial charge in [-0.25, -0.2) is 0 Å². The van der Waals surface area contributed by atoms with Gasteiger partial charge in [-0.1, -0.05) is 27.7 Å². The first-order chi connectivity index (χ1) is 8.40. The highest BCUT2D eigenvalue weighted by Gasteiger charge is 2.28. The lowest BCUT2D eigenvalue weighted by molar-refractivity contribution is -0.140. The molecule has 1 rings (SSSR count). The molecule has 0 saturated carbocycles. The highest BCUT2D eigenvalue weighted by atomic mass is 16.5. The number of hydrogen-bond donors (Lipinski definition) is 2. The van der Waals surface area contributed by atoms with E-state index in [1.165, 1.54) is 0 Å². The SMILES string of the molecule is CC(C)CC(NC1CCOC(C(C)C)C1)C(=O)O. The van der Waals surface area contributed by atoms with Crippen LogP contribution in [0.4, 0.5) is 0 Å². The van der Waals surface area contributed by atoms with Gasteiger partial charge in [0, 0.05) is 12.6 Å². The largest absolute Gasteiger partial charge is 0.480 e. The zero-order valence-electron chi connectivity index (χ0n) is 12.0. The summed E-state index contributed by atoms with van der Waals surface area (Å²) in [7, 11) is 0. The summed E-state index contributed by atoms with van der Waals surface area (Å²) in [5.74, 6) is 0.138. The van der Waals surface area contributed by atoms with Crippen molar-refractivity contribution in [3.63, 3.8) is 0 Å². The molecule has 4 nitrogen and oxygen atoms in total. The summed E-state index contributed by atoms with van der Waals surface area (Å²) in [5, 5.41) is 12.5. The molecular formula is C14H27NO3. The van der Waals surface area contributed by atoms with Crippen LogP contribution in [0.2, 0.25) is 0 Å². The Kier molecular flexibility index (Phi) is 6.09. The maximum absolute atomic E-state index is 11.2. The summed E-state index contributed by atoms with van der Waals surface area (Å²) in [6, 6.07) is -0.160. The molecule has 0 aliphatic carbocycles. The van der Waals surface area contributed by atoms with Gasteiger partial charge in [-0.2, -0.15) is 0 Å². The predicted octanol–water partition coefficient (Wildman–Crippen LogP) is 2.28. The Morgan fingerprint density at radius 2 is 2.06 bits per heavy atom. The average molecular weight is 257 g/mol. The van der Waals surface area contributed by atoms with Gasteiger partial charge in [0.25, 0.3) is 0 Å². The molecule has 4 heteroatoms. The minimum atomic E-state index is -0.740. The highest BCUT2D eigenvalue weighted by Crippen LogP contribution is 2.21. The Morgan fingerprint density at radius 1 is 1.39 bits per heavy atom. The van der Waals surface area contributed by atoms with Gasteiger partial charge in [-0.3, -0.25) is 4.79 Å². The first-order valence-corrected chi connectivity index (χ1v) is 7.00. The summed E-state index contributed by atoms with van der Waals surface area (Å²) < 4.78 is 5.71. The van der Waals surface area contributed by atoms with Crippen LogP contribution in [-0.2, 0) is 9.53 Å². The molecule has 0 spiro atoms. The van der Waals surface area contributed by atoms with E-state index in [1.54, 1.807) is 0 Å². The number of carboxylic acids is 1. The van der Waals surface area contributed by atoms with Gasteiger partial charge in [0.2, 0.25) is 0 Å². The monoisotopic (exact) mass is 257 g/mol. The Labute approximate surface area is 110 Å². The Hall–Kier alpha value is -0.610. The van der Waals surface area contributed by atoms with Crippen molar-refractivity contribution in [1.29, 1.82) is 0 Å². The maximum Gasteiger partial charge on any atom is 0.320 e. The molecule has 3 unspecified atom stereocenters. The second kappa shape index (κ2) is 7.10. The van der Waals surface area contributed by atoms with Crippen molar-refractivity contribution < 1.29 is 14.6 Å². The Bertz CT molecular complexity index is 266. The third-order valence-electron chi connectivity index (χ3n) is 3.50. The average Bonchev–Trinajstić information content (AvgIpc) is 2.27. The lowest BCUT2D eigenvalue weighted by Crippen LogP contribution is -2.48. The fourth-order valence-corrected chi connectivity index (χ4v) is 2.44. The van der Waals surface area contributed by atoms with E-state index >= 15 is 0 Å². The van der Waals surface area contributed by atoms with E-state index in [1.807, 2.05) is 0 Å². The molecule has 1 aliphatic heterocycles. The van der Waals surface area contributed by atoms with Gasteiger partial charge in [0.15, 0.2) is 0 Å². The molecule has 0 aromatic carbocycles. The summed E-state index contributed by atoms with van der Waals surface area (Å²) in [6.07, 6.45) is 2.76. The number of nitrogens with one attached hydrogen (secondary N) is 1. The number of ether oxygens (including phenoxy) is 1. The zero-order valence-corrected chi connectivity index (χ0v) is 12.0. The van der Waals surface area contributed by atoms with Crippen LogP contribution in [0.1, 0.15) is 47.0 Å². The van der Waals surface area contributed by atoms with E-state index in [0.29, 0.717) is 18.3 Å². The van der Waals surface area contributed by atoms with E-state index < -0.39 is 12.0 Å². The smallest absolute Gasteiger partial charge is 0.320 e. The van der Waals surface area contributed by atoms with Crippen LogP contribution in [0, 0.1) is 11.8 Å². The molecule has 0 aromatic rings. The summed E-state index contributed by atoms with van der Waals surface area (Å²) >= 11 is 0. The third-order valence-corrected chi connectivity index (χ3v) is 3.50. The van der Waals surface area contributed by atoms with Crippen LogP contribution >= 0.6 is 0 Å². The van der Waals surface area contributed by atoms with E-state index in [4.69, 9.17) is 4.74 Å². The van der Waals surface area contributed by atoms with Crippen LogP contribution < -0.4 is 5.32 Å². The third kappa shape index (κ3) is 4.94. The van der Waals surface area contributed by atoms with Crippen molar-refractivity contribution in [1.82, 2.24) is 5.32 Å². The van der Waals surface area contributed by atoms with Crippen molar-refractivity contribution in [2.75, 3.05) is 6.61 Å². The second-order valence-electron chi connectivity index (χ2n) is 6.06. The molecule has 2 N–H and O–H groups in total. The lowest BCUT2D eigenvalue weighted by Gasteiger charge is -2.34. The Balaban J connectivity index is 2.50. The van der Waals surface area contributed by atoms with E-state index in [9.17, 15) is 9.90 Å². The number of aliphatic carboxylic acids is 1. The van der Waals surface area contributed by atoms with Crippen LogP contribution in [0.25, 0.3) is 0 Å². The van der Waals surface area contributed by atoms with Crippen molar-refractivity contribution in [3.8, 4) is 0 Å². The van der Waals surface area contributed by atoms with E-state index in [2.05, 4.69) is 33.0 Å². The van der Waals surface area contributed by atoms with E-state index in [-0.39, 0.29) is 12.1 Å². The van der Waals surface area contributed by atoms with Gasteiger partial charge in [0.1, 0.15) is 6.04 Å². The fourth-order valence-electron chi connectivity index (χ4n) is 2.44. The van der Waals surface area contributed by atoms with Crippen molar-refractivity contribution in [2.24, 2.45) is 11.8 Å².